The summed E-state index contributed by atoms with van der Waals surface area (Å²) >= 11 is 5.97. The van der Waals surface area contributed by atoms with Crippen molar-refractivity contribution in [2.75, 3.05) is 13.1 Å². The van der Waals surface area contributed by atoms with Gasteiger partial charge in [0.1, 0.15) is 4.90 Å². The van der Waals surface area contributed by atoms with Gasteiger partial charge in [-0.2, -0.15) is 4.31 Å². The molecule has 1 N–H and O–H groups in total. The topological polar surface area (TPSA) is 74.7 Å². The molecule has 0 aliphatic carbocycles. The number of halogens is 1. The quantitative estimate of drug-likeness (QED) is 0.925. The van der Waals surface area contributed by atoms with Crippen LogP contribution in [0.1, 0.15) is 12.5 Å². The number of carbonyl (C=O) groups is 1. The predicted octanol–water partition coefficient (Wildman–Crippen LogP) is 1.99. The molecule has 1 aliphatic rings. The van der Waals surface area contributed by atoms with Crippen LogP contribution in [0.5, 0.6) is 0 Å². The first kappa shape index (κ1) is 15.3. The zero-order valence-corrected chi connectivity index (χ0v) is 12.8. The first-order chi connectivity index (χ1) is 9.23. The Hall–Kier alpha value is -1.11. The molecule has 1 saturated heterocycles. The number of aliphatic carboxylic acids is 1. The molecule has 1 fully saturated rings. The van der Waals surface area contributed by atoms with Crippen LogP contribution >= 0.6 is 11.6 Å². The molecule has 0 amide bonds. The Labute approximate surface area is 123 Å². The third kappa shape index (κ3) is 2.68. The Morgan fingerprint density at radius 1 is 1.40 bits per heavy atom. The monoisotopic (exact) mass is 317 g/mol. The number of aryl methyl sites for hydroxylation is 1. The van der Waals surface area contributed by atoms with Gasteiger partial charge in [0.2, 0.25) is 10.0 Å². The van der Waals surface area contributed by atoms with Gasteiger partial charge in [-0.3, -0.25) is 4.79 Å². The minimum absolute atomic E-state index is 0.0108. The molecule has 1 aromatic carbocycles. The van der Waals surface area contributed by atoms with Crippen LogP contribution in [-0.4, -0.2) is 36.9 Å². The summed E-state index contributed by atoms with van der Waals surface area (Å²) in [5.74, 6) is -1.86. The lowest BCUT2D eigenvalue weighted by atomic mass is 9.99. The lowest BCUT2D eigenvalue weighted by Gasteiger charge is -2.17. The minimum atomic E-state index is -3.75. The average molecular weight is 318 g/mol. The number of rotatable bonds is 3. The van der Waals surface area contributed by atoms with E-state index in [1.165, 1.54) is 16.4 Å². The SMILES string of the molecule is Cc1ccc(Cl)c(S(=O)(=O)N2C[C@@H](C)[C@H](C(=O)O)C2)c1. The maximum absolute atomic E-state index is 12.6. The molecule has 110 valence electrons. The van der Waals surface area contributed by atoms with E-state index in [1.807, 2.05) is 0 Å². The summed E-state index contributed by atoms with van der Waals surface area (Å²) in [6.45, 7) is 3.71. The van der Waals surface area contributed by atoms with Crippen molar-refractivity contribution in [3.05, 3.63) is 28.8 Å². The van der Waals surface area contributed by atoms with E-state index in [0.717, 1.165) is 5.56 Å². The van der Waals surface area contributed by atoms with Gasteiger partial charge in [0, 0.05) is 13.1 Å². The van der Waals surface area contributed by atoms with Gasteiger partial charge in [0.05, 0.1) is 10.9 Å². The van der Waals surface area contributed by atoms with E-state index in [9.17, 15) is 13.2 Å². The van der Waals surface area contributed by atoms with Gasteiger partial charge in [-0.1, -0.05) is 24.6 Å². The molecule has 5 nitrogen and oxygen atoms in total. The van der Waals surface area contributed by atoms with Crippen molar-refractivity contribution >= 4 is 27.6 Å². The fourth-order valence-electron chi connectivity index (χ4n) is 2.39. The summed E-state index contributed by atoms with van der Waals surface area (Å²) in [6, 6.07) is 4.78. The van der Waals surface area contributed by atoms with E-state index in [2.05, 4.69) is 0 Å². The van der Waals surface area contributed by atoms with Crippen LogP contribution in [-0.2, 0) is 14.8 Å². The maximum atomic E-state index is 12.6. The van der Waals surface area contributed by atoms with Crippen LogP contribution in [0.25, 0.3) is 0 Å². The van der Waals surface area contributed by atoms with Crippen molar-refractivity contribution in [2.24, 2.45) is 11.8 Å². The molecule has 1 aromatic rings. The Morgan fingerprint density at radius 2 is 2.05 bits per heavy atom. The Morgan fingerprint density at radius 3 is 2.60 bits per heavy atom. The van der Waals surface area contributed by atoms with Crippen molar-refractivity contribution in [1.29, 1.82) is 0 Å². The van der Waals surface area contributed by atoms with E-state index < -0.39 is 21.9 Å². The molecular weight excluding hydrogens is 302 g/mol. The number of hydrogen-bond donors (Lipinski definition) is 1. The summed E-state index contributed by atoms with van der Waals surface area (Å²) in [4.78, 5) is 11.1. The highest BCUT2D eigenvalue weighted by Gasteiger charge is 2.41. The first-order valence-electron chi connectivity index (χ1n) is 6.22. The van der Waals surface area contributed by atoms with Crippen molar-refractivity contribution in [3.8, 4) is 0 Å². The lowest BCUT2D eigenvalue weighted by molar-refractivity contribution is -0.142. The van der Waals surface area contributed by atoms with Gasteiger partial charge in [-0.25, -0.2) is 8.42 Å². The van der Waals surface area contributed by atoms with E-state index in [1.54, 1.807) is 19.9 Å². The lowest BCUT2D eigenvalue weighted by Crippen LogP contribution is -2.30. The molecule has 0 bridgehead atoms. The third-order valence-electron chi connectivity index (χ3n) is 3.60. The van der Waals surface area contributed by atoms with Gasteiger partial charge in [0.15, 0.2) is 0 Å². The van der Waals surface area contributed by atoms with Gasteiger partial charge < -0.3 is 5.11 Å². The number of benzene rings is 1. The second kappa shape index (κ2) is 5.35. The molecule has 7 heteroatoms. The van der Waals surface area contributed by atoms with Crippen molar-refractivity contribution < 1.29 is 18.3 Å². The normalized spacial score (nSPS) is 23.9. The number of carboxylic acid groups (broad SMARTS) is 1. The van der Waals surface area contributed by atoms with E-state index in [-0.39, 0.29) is 28.9 Å². The Kier molecular flexibility index (Phi) is 4.09. The zero-order valence-electron chi connectivity index (χ0n) is 11.2. The molecule has 2 rings (SSSR count). The number of sulfonamides is 1. The van der Waals surface area contributed by atoms with Gasteiger partial charge >= 0.3 is 5.97 Å². The second-order valence-corrected chi connectivity index (χ2v) is 7.49. The average Bonchev–Trinajstić information content (AvgIpc) is 2.75. The van der Waals surface area contributed by atoms with Gasteiger partial charge in [-0.15, -0.1) is 0 Å². The molecule has 1 heterocycles. The predicted molar refractivity (Wildman–Crippen MR) is 75.2 cm³/mol. The maximum Gasteiger partial charge on any atom is 0.308 e. The molecule has 0 radical (unpaired) electrons. The fourth-order valence-corrected chi connectivity index (χ4v) is 4.51. The minimum Gasteiger partial charge on any atom is -0.481 e. The smallest absolute Gasteiger partial charge is 0.308 e. The fraction of sp³-hybridized carbons (Fsp3) is 0.462. The third-order valence-corrected chi connectivity index (χ3v) is 5.91. The van der Waals surface area contributed by atoms with Crippen LogP contribution in [0, 0.1) is 18.8 Å². The summed E-state index contributed by atoms with van der Waals surface area (Å²) in [7, 11) is -3.75. The first-order valence-corrected chi connectivity index (χ1v) is 8.04. The molecule has 0 aromatic heterocycles. The van der Waals surface area contributed by atoms with Crippen LogP contribution < -0.4 is 0 Å². The van der Waals surface area contributed by atoms with E-state index in [4.69, 9.17) is 16.7 Å². The highest BCUT2D eigenvalue weighted by atomic mass is 35.5. The van der Waals surface area contributed by atoms with E-state index in [0.29, 0.717) is 0 Å². The highest BCUT2D eigenvalue weighted by Crippen LogP contribution is 2.31. The largest absolute Gasteiger partial charge is 0.481 e. The summed E-state index contributed by atoms with van der Waals surface area (Å²) in [6.07, 6.45) is 0. The number of carboxylic acids is 1. The number of hydrogen-bond acceptors (Lipinski definition) is 3. The summed E-state index contributed by atoms with van der Waals surface area (Å²) in [5, 5.41) is 9.24. The van der Waals surface area contributed by atoms with Gasteiger partial charge in [0.25, 0.3) is 0 Å². The summed E-state index contributed by atoms with van der Waals surface area (Å²) in [5.41, 5.74) is 0.787. The number of nitrogens with zero attached hydrogens (tertiary/aromatic N) is 1. The molecule has 2 atom stereocenters. The van der Waals surface area contributed by atoms with Crippen LogP contribution in [0.15, 0.2) is 23.1 Å². The zero-order chi connectivity index (χ0) is 15.1. The van der Waals surface area contributed by atoms with Crippen LogP contribution in [0.2, 0.25) is 5.02 Å². The molecule has 1 aliphatic heterocycles. The molecule has 20 heavy (non-hydrogen) atoms. The Bertz CT molecular complexity index is 644. The Balaban J connectivity index is 2.37. The summed E-state index contributed by atoms with van der Waals surface area (Å²) < 4.78 is 26.3. The van der Waals surface area contributed by atoms with Gasteiger partial charge in [-0.05, 0) is 30.5 Å². The van der Waals surface area contributed by atoms with Crippen molar-refractivity contribution in [3.63, 3.8) is 0 Å². The van der Waals surface area contributed by atoms with Crippen LogP contribution in [0.3, 0.4) is 0 Å². The molecule has 0 saturated carbocycles. The standard InChI is InChI=1S/C13H16ClNO4S/c1-8-3-4-11(14)12(5-8)20(18,19)15-6-9(2)10(7-15)13(16)17/h3-5,9-10H,6-7H2,1-2H3,(H,16,17)/t9-,10-/m1/s1. The van der Waals surface area contributed by atoms with E-state index >= 15 is 0 Å². The molecular formula is C13H16ClNO4S. The highest BCUT2D eigenvalue weighted by molar-refractivity contribution is 7.89. The molecule has 0 unspecified atom stereocenters. The van der Waals surface area contributed by atoms with Crippen molar-refractivity contribution in [1.82, 2.24) is 4.31 Å². The second-order valence-electron chi connectivity index (χ2n) is 5.18. The molecule has 0 spiro atoms. The van der Waals surface area contributed by atoms with Crippen molar-refractivity contribution in [2.45, 2.75) is 18.7 Å². The van der Waals surface area contributed by atoms with Crippen LogP contribution in [0.4, 0.5) is 0 Å².